The molecule has 1 amide bonds. The predicted molar refractivity (Wildman–Crippen MR) is 111 cm³/mol. The van der Waals surface area contributed by atoms with Gasteiger partial charge in [0, 0.05) is 23.1 Å². The molecule has 3 aromatic rings. The average molecular weight is 409 g/mol. The van der Waals surface area contributed by atoms with Crippen LogP contribution in [0.25, 0.3) is 11.3 Å². The van der Waals surface area contributed by atoms with E-state index in [4.69, 9.17) is 4.74 Å². The number of aromatic nitrogens is 1. The largest absolute Gasteiger partial charge is 0.478 e. The fourth-order valence-corrected chi connectivity index (χ4v) is 3.93. The molecule has 0 N–H and O–H groups in total. The molecule has 0 bridgehead atoms. The lowest BCUT2D eigenvalue weighted by Crippen LogP contribution is -2.45. The number of nitro groups is 1. The van der Waals surface area contributed by atoms with E-state index in [1.165, 1.54) is 12.1 Å². The predicted octanol–water partition coefficient (Wildman–Crippen LogP) is 4.73. The van der Waals surface area contributed by atoms with Gasteiger partial charge < -0.3 is 9.64 Å². The van der Waals surface area contributed by atoms with Gasteiger partial charge in [-0.2, -0.15) is 0 Å². The molecule has 0 spiro atoms. The Hall–Kier alpha value is -3.26. The fraction of sp³-hybridized carbons (Fsp3) is 0.238. The first-order chi connectivity index (χ1) is 14.0. The summed E-state index contributed by atoms with van der Waals surface area (Å²) in [5, 5.41) is 13.8. The average Bonchev–Trinajstić information content (AvgIpc) is 3.16. The molecule has 148 valence electrons. The number of rotatable bonds is 5. The van der Waals surface area contributed by atoms with Crippen LogP contribution in [0.5, 0.6) is 5.75 Å². The second kappa shape index (κ2) is 7.63. The monoisotopic (exact) mass is 409 g/mol. The van der Waals surface area contributed by atoms with Crippen molar-refractivity contribution >= 4 is 28.6 Å². The van der Waals surface area contributed by atoms with Gasteiger partial charge in [-0.1, -0.05) is 19.1 Å². The highest BCUT2D eigenvalue weighted by Gasteiger charge is 2.33. The van der Waals surface area contributed by atoms with Gasteiger partial charge in [-0.3, -0.25) is 14.9 Å². The molecule has 0 radical (unpaired) electrons. The summed E-state index contributed by atoms with van der Waals surface area (Å²) in [6.45, 7) is 4.17. The normalized spacial score (nSPS) is 15.7. The highest BCUT2D eigenvalue weighted by Crippen LogP contribution is 2.39. The summed E-state index contributed by atoms with van der Waals surface area (Å²) < 4.78 is 5.91. The van der Waals surface area contributed by atoms with E-state index in [2.05, 4.69) is 4.98 Å². The van der Waals surface area contributed by atoms with Crippen molar-refractivity contribution in [1.29, 1.82) is 0 Å². The molecule has 7 nitrogen and oxygen atoms in total. The van der Waals surface area contributed by atoms with Crippen molar-refractivity contribution in [2.45, 2.75) is 32.9 Å². The highest BCUT2D eigenvalue weighted by atomic mass is 32.1. The lowest BCUT2D eigenvalue weighted by molar-refractivity contribution is -0.384. The third-order valence-electron chi connectivity index (χ3n) is 4.83. The van der Waals surface area contributed by atoms with Gasteiger partial charge in [0.2, 0.25) is 0 Å². The number of carbonyl (C=O) groups is 1. The summed E-state index contributed by atoms with van der Waals surface area (Å²) in [6, 6.07) is 12.0. The van der Waals surface area contributed by atoms with Crippen molar-refractivity contribution in [2.24, 2.45) is 0 Å². The molecule has 1 aliphatic rings. The number of nitrogens with zero attached hydrogens (tertiary/aromatic N) is 3. The van der Waals surface area contributed by atoms with E-state index in [1.54, 1.807) is 28.4 Å². The molecule has 0 saturated carbocycles. The van der Waals surface area contributed by atoms with Gasteiger partial charge in [0.25, 0.3) is 11.6 Å². The number of benzene rings is 2. The van der Waals surface area contributed by atoms with Crippen LogP contribution in [0, 0.1) is 17.0 Å². The molecule has 1 aromatic heterocycles. The second-order valence-corrected chi connectivity index (χ2v) is 7.86. The van der Waals surface area contributed by atoms with E-state index in [1.807, 2.05) is 37.4 Å². The SMILES string of the molecule is CCC1Oc2ccc(-c3csc(C)n3)cc2N(Cc2ccc([N+](=O)[O-])cc2)C1=O. The maximum atomic E-state index is 13.0. The van der Waals surface area contributed by atoms with Crippen LogP contribution in [0.4, 0.5) is 11.4 Å². The maximum absolute atomic E-state index is 13.0. The van der Waals surface area contributed by atoms with E-state index in [9.17, 15) is 14.9 Å². The minimum Gasteiger partial charge on any atom is -0.478 e. The fourth-order valence-electron chi connectivity index (χ4n) is 3.31. The van der Waals surface area contributed by atoms with E-state index in [-0.39, 0.29) is 11.6 Å². The number of hydrogen-bond donors (Lipinski definition) is 0. The molecule has 4 rings (SSSR count). The van der Waals surface area contributed by atoms with Crippen LogP contribution in [0.3, 0.4) is 0 Å². The molecule has 2 aromatic carbocycles. The summed E-state index contributed by atoms with van der Waals surface area (Å²) >= 11 is 1.57. The number of ether oxygens (including phenoxy) is 1. The molecular weight excluding hydrogens is 390 g/mol. The number of carbonyl (C=O) groups excluding carboxylic acids is 1. The van der Waals surface area contributed by atoms with E-state index >= 15 is 0 Å². The molecule has 2 heterocycles. The van der Waals surface area contributed by atoms with Gasteiger partial charge in [-0.05, 0) is 37.1 Å². The lowest BCUT2D eigenvalue weighted by atomic mass is 10.1. The van der Waals surface area contributed by atoms with Crippen LogP contribution in [0.1, 0.15) is 23.9 Å². The van der Waals surface area contributed by atoms with Gasteiger partial charge in [-0.25, -0.2) is 4.98 Å². The minimum atomic E-state index is -0.548. The molecule has 0 fully saturated rings. The zero-order valence-corrected chi connectivity index (χ0v) is 16.8. The van der Waals surface area contributed by atoms with Crippen LogP contribution < -0.4 is 9.64 Å². The molecule has 1 unspecified atom stereocenters. The Balaban J connectivity index is 1.72. The summed E-state index contributed by atoms with van der Waals surface area (Å²) in [7, 11) is 0. The molecule has 1 aliphatic heterocycles. The van der Waals surface area contributed by atoms with E-state index in [0.717, 1.165) is 21.8 Å². The van der Waals surface area contributed by atoms with Crippen molar-refractivity contribution in [1.82, 2.24) is 4.98 Å². The molecule has 8 heteroatoms. The number of nitro benzene ring substituents is 1. The van der Waals surface area contributed by atoms with Gasteiger partial charge >= 0.3 is 0 Å². The van der Waals surface area contributed by atoms with Crippen molar-refractivity contribution in [3.05, 3.63) is 68.5 Å². The minimum absolute atomic E-state index is 0.0232. The first kappa shape index (κ1) is 19.1. The van der Waals surface area contributed by atoms with Gasteiger partial charge in [0.1, 0.15) is 5.75 Å². The molecule has 1 atom stereocenters. The first-order valence-corrected chi connectivity index (χ1v) is 10.1. The number of aryl methyl sites for hydroxylation is 1. The number of anilines is 1. The number of hydrogen-bond acceptors (Lipinski definition) is 6. The number of non-ortho nitro benzene ring substituents is 1. The van der Waals surface area contributed by atoms with Gasteiger partial charge in [0.05, 0.1) is 27.9 Å². The molecule has 0 saturated heterocycles. The summed E-state index contributed by atoms with van der Waals surface area (Å²) in [6.07, 6.45) is 0.00938. The lowest BCUT2D eigenvalue weighted by Gasteiger charge is -2.34. The summed E-state index contributed by atoms with van der Waals surface area (Å²) in [5.41, 5.74) is 3.28. The molecular formula is C21H19N3O4S. The standard InChI is InChI=1S/C21H19N3O4S/c1-3-19-21(25)23(11-14-4-7-16(8-5-14)24(26)27)18-10-15(6-9-20(18)28-19)17-12-29-13(2)22-17/h4-10,12,19H,3,11H2,1-2H3. The Morgan fingerprint density at radius 1 is 1.24 bits per heavy atom. The third-order valence-corrected chi connectivity index (χ3v) is 5.61. The second-order valence-electron chi connectivity index (χ2n) is 6.80. The Kier molecular flexibility index (Phi) is 5.02. The molecule has 29 heavy (non-hydrogen) atoms. The first-order valence-electron chi connectivity index (χ1n) is 9.24. The van der Waals surface area contributed by atoms with Crippen LogP contribution >= 0.6 is 11.3 Å². The highest BCUT2D eigenvalue weighted by molar-refractivity contribution is 7.09. The number of thiazole rings is 1. The smallest absolute Gasteiger partial charge is 0.269 e. The molecule has 0 aliphatic carbocycles. The maximum Gasteiger partial charge on any atom is 0.269 e. The quantitative estimate of drug-likeness (QED) is 0.449. The zero-order valence-electron chi connectivity index (χ0n) is 16.0. The van der Waals surface area contributed by atoms with Crippen LogP contribution in [-0.2, 0) is 11.3 Å². The Morgan fingerprint density at radius 3 is 2.62 bits per heavy atom. The van der Waals surface area contributed by atoms with Gasteiger partial charge in [-0.15, -0.1) is 11.3 Å². The number of fused-ring (bicyclic) bond motifs is 1. The topological polar surface area (TPSA) is 85.6 Å². The van der Waals surface area contributed by atoms with Crippen molar-refractivity contribution in [2.75, 3.05) is 4.90 Å². The Labute approximate surface area is 171 Å². The Morgan fingerprint density at radius 2 is 2.00 bits per heavy atom. The third kappa shape index (κ3) is 3.71. The van der Waals surface area contributed by atoms with Crippen LogP contribution in [0.2, 0.25) is 0 Å². The number of amides is 1. The van der Waals surface area contributed by atoms with Crippen LogP contribution in [0.15, 0.2) is 47.8 Å². The summed E-state index contributed by atoms with van der Waals surface area (Å²) in [5.74, 6) is 0.527. The van der Waals surface area contributed by atoms with Gasteiger partial charge in [0.15, 0.2) is 6.10 Å². The van der Waals surface area contributed by atoms with Crippen molar-refractivity contribution in [3.8, 4) is 17.0 Å². The van der Waals surface area contributed by atoms with E-state index in [0.29, 0.717) is 24.4 Å². The van der Waals surface area contributed by atoms with Crippen molar-refractivity contribution in [3.63, 3.8) is 0 Å². The Bertz CT molecular complexity index is 1080. The van der Waals surface area contributed by atoms with E-state index < -0.39 is 11.0 Å². The summed E-state index contributed by atoms with van der Waals surface area (Å²) in [4.78, 5) is 29.7. The van der Waals surface area contributed by atoms with Crippen molar-refractivity contribution < 1.29 is 14.5 Å². The zero-order chi connectivity index (χ0) is 20.5. The van der Waals surface area contributed by atoms with Crippen LogP contribution in [-0.4, -0.2) is 21.9 Å².